The normalized spacial score (nSPS) is 30.9. The summed E-state index contributed by atoms with van der Waals surface area (Å²) < 4.78 is 5.34. The van der Waals surface area contributed by atoms with E-state index < -0.39 is 0 Å². The van der Waals surface area contributed by atoms with Crippen molar-refractivity contribution in [2.75, 3.05) is 19.8 Å². The summed E-state index contributed by atoms with van der Waals surface area (Å²) in [5.74, 6) is 0.136. The molecule has 1 saturated heterocycles. The molecule has 1 aliphatic heterocycles. The molecule has 1 amide bonds. The summed E-state index contributed by atoms with van der Waals surface area (Å²) in [6.45, 7) is 11.1. The minimum absolute atomic E-state index is 0.136. The number of carbonyl (C=O) groups is 1. The Kier molecular flexibility index (Phi) is 3.21. The van der Waals surface area contributed by atoms with Crippen molar-refractivity contribution in [3.8, 4) is 0 Å². The molecule has 0 aromatic carbocycles. The molecule has 2 rings (SSSR count). The van der Waals surface area contributed by atoms with Crippen molar-refractivity contribution in [2.45, 2.75) is 46.2 Å². The van der Waals surface area contributed by atoms with Crippen molar-refractivity contribution in [1.29, 1.82) is 0 Å². The highest BCUT2D eigenvalue weighted by molar-refractivity contribution is 5.77. The third kappa shape index (κ3) is 2.33. The smallest absolute Gasteiger partial charge is 0.221 e. The number of rotatable bonds is 3. The first-order chi connectivity index (χ1) is 7.85. The molecular formula is C13H24N2O2. The molecule has 2 N–H and O–H groups in total. The van der Waals surface area contributed by atoms with Crippen LogP contribution in [0.5, 0.6) is 0 Å². The van der Waals surface area contributed by atoms with Gasteiger partial charge in [0, 0.05) is 25.0 Å². The van der Waals surface area contributed by atoms with E-state index in [1.165, 1.54) is 0 Å². The molecule has 0 bridgehead atoms. The van der Waals surface area contributed by atoms with Gasteiger partial charge in [-0.25, -0.2) is 0 Å². The number of hydrogen-bond acceptors (Lipinski definition) is 3. The fourth-order valence-electron chi connectivity index (χ4n) is 2.75. The van der Waals surface area contributed by atoms with Crippen molar-refractivity contribution in [1.82, 2.24) is 10.6 Å². The fraction of sp³-hybridized carbons (Fsp3) is 0.923. The molecule has 4 nitrogen and oxygen atoms in total. The topological polar surface area (TPSA) is 50.4 Å². The van der Waals surface area contributed by atoms with Crippen LogP contribution in [0, 0.1) is 10.8 Å². The maximum Gasteiger partial charge on any atom is 0.221 e. The van der Waals surface area contributed by atoms with Crippen LogP contribution in [0.2, 0.25) is 0 Å². The Balaban J connectivity index is 1.79. The van der Waals surface area contributed by atoms with Gasteiger partial charge in [-0.2, -0.15) is 0 Å². The van der Waals surface area contributed by atoms with Crippen molar-refractivity contribution in [3.05, 3.63) is 0 Å². The largest absolute Gasteiger partial charge is 0.378 e. The monoisotopic (exact) mass is 240 g/mol. The van der Waals surface area contributed by atoms with Crippen LogP contribution in [-0.4, -0.2) is 37.7 Å². The Bertz CT molecular complexity index is 293. The zero-order valence-corrected chi connectivity index (χ0v) is 11.3. The molecule has 1 atom stereocenters. The average molecular weight is 240 g/mol. The van der Waals surface area contributed by atoms with Gasteiger partial charge in [-0.1, -0.05) is 27.7 Å². The summed E-state index contributed by atoms with van der Waals surface area (Å²) in [6, 6.07) is 0.473. The van der Waals surface area contributed by atoms with Crippen LogP contribution < -0.4 is 10.6 Å². The van der Waals surface area contributed by atoms with Gasteiger partial charge in [-0.05, 0) is 10.8 Å². The lowest BCUT2D eigenvalue weighted by Crippen LogP contribution is -2.45. The molecule has 2 aliphatic rings. The first-order valence-corrected chi connectivity index (χ1v) is 6.46. The Morgan fingerprint density at radius 1 is 1.35 bits per heavy atom. The molecule has 4 heteroatoms. The predicted octanol–water partition coefficient (Wildman–Crippen LogP) is 0.916. The van der Waals surface area contributed by atoms with Crippen LogP contribution in [0.25, 0.3) is 0 Å². The van der Waals surface area contributed by atoms with Gasteiger partial charge in [-0.3, -0.25) is 4.79 Å². The Labute approximate surface area is 103 Å². The quantitative estimate of drug-likeness (QED) is 0.771. The zero-order valence-electron chi connectivity index (χ0n) is 11.3. The summed E-state index contributed by atoms with van der Waals surface area (Å²) in [5, 5.41) is 6.45. The number of hydrogen-bond donors (Lipinski definition) is 2. The molecule has 17 heavy (non-hydrogen) atoms. The SMILES string of the molecule is CC1(C)C(NC(=O)C[C@H]2COCCN2)C1(C)C. The Morgan fingerprint density at radius 2 is 2.00 bits per heavy atom. The summed E-state index contributed by atoms with van der Waals surface area (Å²) in [6.07, 6.45) is 0.517. The molecule has 1 saturated carbocycles. The average Bonchev–Trinajstić information content (AvgIpc) is 2.62. The van der Waals surface area contributed by atoms with Gasteiger partial charge >= 0.3 is 0 Å². The van der Waals surface area contributed by atoms with Gasteiger partial charge < -0.3 is 15.4 Å². The van der Waals surface area contributed by atoms with E-state index in [-0.39, 0.29) is 22.8 Å². The van der Waals surface area contributed by atoms with Crippen molar-refractivity contribution in [2.24, 2.45) is 10.8 Å². The molecular weight excluding hydrogens is 216 g/mol. The van der Waals surface area contributed by atoms with Gasteiger partial charge in [0.25, 0.3) is 0 Å². The van der Waals surface area contributed by atoms with Gasteiger partial charge in [-0.15, -0.1) is 0 Å². The molecule has 0 spiro atoms. The van der Waals surface area contributed by atoms with Gasteiger partial charge in [0.05, 0.1) is 13.2 Å². The molecule has 0 unspecified atom stereocenters. The summed E-state index contributed by atoms with van der Waals surface area (Å²) in [5.41, 5.74) is 0.415. The van der Waals surface area contributed by atoms with E-state index in [0.29, 0.717) is 19.1 Å². The molecule has 1 aliphatic carbocycles. The van der Waals surface area contributed by atoms with Crippen LogP contribution >= 0.6 is 0 Å². The standard InChI is InChI=1S/C13H24N2O2/c1-12(2)11(13(12,3)4)15-10(16)7-9-8-17-6-5-14-9/h9,11,14H,5-8H2,1-4H3,(H,15,16)/t9-/m0/s1. The van der Waals surface area contributed by atoms with Crippen LogP contribution in [0.15, 0.2) is 0 Å². The molecule has 0 radical (unpaired) electrons. The summed E-state index contributed by atoms with van der Waals surface area (Å²) in [4.78, 5) is 11.9. The highest BCUT2D eigenvalue weighted by Crippen LogP contribution is 2.62. The number of nitrogens with one attached hydrogen (secondary N) is 2. The van der Waals surface area contributed by atoms with Crippen molar-refractivity contribution < 1.29 is 9.53 Å². The Hall–Kier alpha value is -0.610. The van der Waals surface area contributed by atoms with E-state index in [9.17, 15) is 4.79 Å². The number of morpholine rings is 1. The van der Waals surface area contributed by atoms with Gasteiger partial charge in [0.15, 0.2) is 0 Å². The molecule has 98 valence electrons. The molecule has 0 aromatic heterocycles. The molecule has 0 aromatic rings. The first kappa shape index (κ1) is 12.8. The van der Waals surface area contributed by atoms with Crippen LogP contribution in [-0.2, 0) is 9.53 Å². The van der Waals surface area contributed by atoms with Crippen LogP contribution in [0.3, 0.4) is 0 Å². The third-order valence-electron chi connectivity index (χ3n) is 4.76. The number of ether oxygens (including phenoxy) is 1. The van der Waals surface area contributed by atoms with E-state index in [1.807, 2.05) is 0 Å². The fourth-order valence-corrected chi connectivity index (χ4v) is 2.75. The van der Waals surface area contributed by atoms with E-state index in [4.69, 9.17) is 4.74 Å². The highest BCUT2D eigenvalue weighted by Gasteiger charge is 2.65. The summed E-state index contributed by atoms with van der Waals surface area (Å²) >= 11 is 0. The predicted molar refractivity (Wildman–Crippen MR) is 66.7 cm³/mol. The van der Waals surface area contributed by atoms with Gasteiger partial charge in [0.2, 0.25) is 5.91 Å². The minimum Gasteiger partial charge on any atom is -0.378 e. The molecule has 1 heterocycles. The minimum atomic E-state index is 0.136. The first-order valence-electron chi connectivity index (χ1n) is 6.46. The lowest BCUT2D eigenvalue weighted by atomic mass is 10.0. The van der Waals surface area contributed by atoms with Crippen LogP contribution in [0.1, 0.15) is 34.1 Å². The third-order valence-corrected chi connectivity index (χ3v) is 4.76. The van der Waals surface area contributed by atoms with Gasteiger partial charge in [0.1, 0.15) is 0 Å². The van der Waals surface area contributed by atoms with E-state index in [0.717, 1.165) is 13.2 Å². The maximum absolute atomic E-state index is 11.9. The number of carbonyl (C=O) groups excluding carboxylic acids is 1. The second-order valence-electron chi connectivity index (χ2n) is 6.37. The van der Waals surface area contributed by atoms with E-state index in [1.54, 1.807) is 0 Å². The lowest BCUT2D eigenvalue weighted by molar-refractivity contribution is -0.122. The summed E-state index contributed by atoms with van der Waals surface area (Å²) in [7, 11) is 0. The molecule has 2 fully saturated rings. The Morgan fingerprint density at radius 3 is 2.47 bits per heavy atom. The van der Waals surface area contributed by atoms with Crippen molar-refractivity contribution in [3.63, 3.8) is 0 Å². The maximum atomic E-state index is 11.9. The lowest BCUT2D eigenvalue weighted by Gasteiger charge is -2.23. The van der Waals surface area contributed by atoms with Crippen LogP contribution in [0.4, 0.5) is 0 Å². The van der Waals surface area contributed by atoms with E-state index in [2.05, 4.69) is 38.3 Å². The van der Waals surface area contributed by atoms with E-state index >= 15 is 0 Å². The number of amides is 1. The zero-order chi connectivity index (χ0) is 12.7. The van der Waals surface area contributed by atoms with Crippen molar-refractivity contribution >= 4 is 5.91 Å². The second kappa shape index (κ2) is 4.25. The highest BCUT2D eigenvalue weighted by atomic mass is 16.5. The second-order valence-corrected chi connectivity index (χ2v) is 6.37.